The van der Waals surface area contributed by atoms with E-state index < -0.39 is 15.9 Å². The zero-order valence-corrected chi connectivity index (χ0v) is 17.4. The van der Waals surface area contributed by atoms with Crippen molar-refractivity contribution in [2.75, 3.05) is 11.9 Å². The summed E-state index contributed by atoms with van der Waals surface area (Å²) in [5, 5.41) is 11.4. The van der Waals surface area contributed by atoms with Gasteiger partial charge in [-0.3, -0.25) is 10.1 Å². The van der Waals surface area contributed by atoms with Gasteiger partial charge in [-0.25, -0.2) is 17.5 Å². The Bertz CT molecular complexity index is 1130. The van der Waals surface area contributed by atoms with Gasteiger partial charge >= 0.3 is 0 Å². The summed E-state index contributed by atoms with van der Waals surface area (Å²) in [6, 6.07) is 10.2. The average molecular weight is 435 g/mol. The number of carbonyl (C=O) groups excluding carboxylic acids is 1. The third-order valence-corrected chi connectivity index (χ3v) is 6.34. The van der Waals surface area contributed by atoms with Crippen molar-refractivity contribution < 1.29 is 17.6 Å². The van der Waals surface area contributed by atoms with E-state index in [0.717, 1.165) is 5.56 Å². The van der Waals surface area contributed by atoms with Crippen LogP contribution in [0.2, 0.25) is 0 Å². The molecule has 0 aliphatic carbocycles. The van der Waals surface area contributed by atoms with Gasteiger partial charge in [0.05, 0.1) is 4.90 Å². The third kappa shape index (κ3) is 5.43. The van der Waals surface area contributed by atoms with Crippen molar-refractivity contribution in [3.05, 3.63) is 70.0 Å². The Kier molecular flexibility index (Phi) is 6.36. The van der Waals surface area contributed by atoms with Crippen LogP contribution in [0.4, 0.5) is 9.52 Å². The van der Waals surface area contributed by atoms with Gasteiger partial charge in [0.1, 0.15) is 10.8 Å². The van der Waals surface area contributed by atoms with Crippen molar-refractivity contribution in [3.63, 3.8) is 0 Å². The second-order valence-electron chi connectivity index (χ2n) is 6.33. The molecule has 1 aromatic heterocycles. The molecule has 7 nitrogen and oxygen atoms in total. The monoisotopic (exact) mass is 434 g/mol. The summed E-state index contributed by atoms with van der Waals surface area (Å²) in [5.41, 5.74) is 1.68. The molecular weight excluding hydrogens is 415 g/mol. The van der Waals surface area contributed by atoms with Crippen LogP contribution in [0, 0.1) is 19.7 Å². The van der Waals surface area contributed by atoms with Crippen molar-refractivity contribution in [2.45, 2.75) is 25.2 Å². The van der Waals surface area contributed by atoms with E-state index in [4.69, 9.17) is 0 Å². The first-order chi connectivity index (χ1) is 13.7. The highest BCUT2D eigenvalue weighted by Crippen LogP contribution is 2.19. The predicted octanol–water partition coefficient (Wildman–Crippen LogP) is 3.07. The van der Waals surface area contributed by atoms with E-state index in [2.05, 4.69) is 20.2 Å². The summed E-state index contributed by atoms with van der Waals surface area (Å²) in [6.07, 6.45) is 0.412. The van der Waals surface area contributed by atoms with E-state index in [1.54, 1.807) is 32.0 Å². The number of benzene rings is 2. The molecule has 0 spiro atoms. The number of sulfonamides is 1. The molecule has 2 N–H and O–H groups in total. The first kappa shape index (κ1) is 21.0. The van der Waals surface area contributed by atoms with E-state index in [9.17, 15) is 17.6 Å². The predicted molar refractivity (Wildman–Crippen MR) is 109 cm³/mol. The van der Waals surface area contributed by atoms with Crippen LogP contribution in [0.1, 0.15) is 26.5 Å². The molecular formula is C19H19FN4O3S2. The molecule has 3 rings (SSSR count). The van der Waals surface area contributed by atoms with Gasteiger partial charge in [-0.1, -0.05) is 29.5 Å². The Hall–Kier alpha value is -2.69. The molecule has 1 amide bonds. The van der Waals surface area contributed by atoms with Gasteiger partial charge in [-0.15, -0.1) is 10.2 Å². The lowest BCUT2D eigenvalue weighted by atomic mass is 10.1. The van der Waals surface area contributed by atoms with Crippen molar-refractivity contribution in [2.24, 2.45) is 0 Å². The highest BCUT2D eigenvalue weighted by atomic mass is 32.2. The lowest BCUT2D eigenvalue weighted by molar-refractivity contribution is 0.102. The number of nitrogens with one attached hydrogen (secondary N) is 2. The summed E-state index contributed by atoms with van der Waals surface area (Å²) in [6.45, 7) is 3.63. The van der Waals surface area contributed by atoms with E-state index in [1.807, 2.05) is 0 Å². The van der Waals surface area contributed by atoms with Gasteiger partial charge in [0.25, 0.3) is 5.91 Å². The van der Waals surface area contributed by atoms with Gasteiger partial charge in [0, 0.05) is 12.1 Å². The second kappa shape index (κ2) is 8.76. The molecule has 0 aliphatic heterocycles. The first-order valence-electron chi connectivity index (χ1n) is 8.71. The zero-order valence-electron chi connectivity index (χ0n) is 15.8. The molecule has 0 bridgehead atoms. The maximum atomic E-state index is 12.9. The first-order valence-corrected chi connectivity index (χ1v) is 11.0. The number of amides is 1. The maximum absolute atomic E-state index is 12.9. The smallest absolute Gasteiger partial charge is 0.257 e. The van der Waals surface area contributed by atoms with Crippen LogP contribution in [0.5, 0.6) is 0 Å². The Morgan fingerprint density at radius 2 is 1.83 bits per heavy atom. The molecule has 10 heteroatoms. The fraction of sp³-hybridized carbons (Fsp3) is 0.211. The lowest BCUT2D eigenvalue weighted by Crippen LogP contribution is -2.26. The minimum atomic E-state index is -3.81. The van der Waals surface area contributed by atoms with Crippen LogP contribution in [0.3, 0.4) is 0 Å². The molecule has 0 unspecified atom stereocenters. The van der Waals surface area contributed by atoms with Crippen molar-refractivity contribution in [3.8, 4) is 0 Å². The van der Waals surface area contributed by atoms with Gasteiger partial charge in [0.15, 0.2) is 0 Å². The van der Waals surface area contributed by atoms with Gasteiger partial charge in [-0.2, -0.15) is 0 Å². The molecule has 0 radical (unpaired) electrons. The SMILES string of the molecule is Cc1nnc(NC(=O)c2cc(S(=O)(=O)NCCc3ccc(F)cc3)ccc2C)s1. The molecule has 29 heavy (non-hydrogen) atoms. The van der Waals surface area contributed by atoms with Crippen LogP contribution in [-0.4, -0.2) is 31.1 Å². The van der Waals surface area contributed by atoms with Crippen LogP contribution < -0.4 is 10.0 Å². The summed E-state index contributed by atoms with van der Waals surface area (Å²) >= 11 is 1.23. The maximum Gasteiger partial charge on any atom is 0.257 e. The molecule has 1 heterocycles. The number of hydrogen-bond donors (Lipinski definition) is 2. The summed E-state index contributed by atoms with van der Waals surface area (Å²) in [7, 11) is -3.81. The van der Waals surface area contributed by atoms with Crippen LogP contribution in [0.15, 0.2) is 47.4 Å². The van der Waals surface area contributed by atoms with Gasteiger partial charge < -0.3 is 0 Å². The third-order valence-electron chi connectivity index (χ3n) is 4.13. The fourth-order valence-corrected chi connectivity index (χ4v) is 4.23. The Labute approximate surface area is 172 Å². The number of carbonyl (C=O) groups is 1. The number of hydrogen-bond acceptors (Lipinski definition) is 6. The molecule has 2 aromatic carbocycles. The molecule has 152 valence electrons. The number of anilines is 1. The van der Waals surface area contributed by atoms with Crippen molar-refractivity contribution in [1.82, 2.24) is 14.9 Å². The van der Waals surface area contributed by atoms with Crippen LogP contribution >= 0.6 is 11.3 Å². The van der Waals surface area contributed by atoms with Crippen molar-refractivity contribution >= 4 is 32.4 Å². The average Bonchev–Trinajstić information content (AvgIpc) is 3.08. The van der Waals surface area contributed by atoms with Crippen molar-refractivity contribution in [1.29, 1.82) is 0 Å². The van der Waals surface area contributed by atoms with Gasteiger partial charge in [-0.05, 0) is 55.7 Å². The largest absolute Gasteiger partial charge is 0.296 e. The topological polar surface area (TPSA) is 101 Å². The zero-order chi connectivity index (χ0) is 21.0. The molecule has 0 aliphatic rings. The van der Waals surface area contributed by atoms with E-state index in [0.29, 0.717) is 22.1 Å². The van der Waals surface area contributed by atoms with Crippen LogP contribution in [0.25, 0.3) is 0 Å². The molecule has 3 aromatic rings. The number of rotatable bonds is 7. The lowest BCUT2D eigenvalue weighted by Gasteiger charge is -2.10. The number of aryl methyl sites for hydroxylation is 2. The van der Waals surface area contributed by atoms with E-state index in [1.165, 1.54) is 35.6 Å². The Morgan fingerprint density at radius 1 is 1.10 bits per heavy atom. The Balaban J connectivity index is 1.71. The highest BCUT2D eigenvalue weighted by Gasteiger charge is 2.18. The quantitative estimate of drug-likeness (QED) is 0.595. The molecule has 0 fully saturated rings. The fourth-order valence-electron chi connectivity index (χ4n) is 2.59. The van der Waals surface area contributed by atoms with E-state index >= 15 is 0 Å². The minimum Gasteiger partial charge on any atom is -0.296 e. The summed E-state index contributed by atoms with van der Waals surface area (Å²) in [5.74, 6) is -0.800. The minimum absolute atomic E-state index is 0.0131. The normalized spacial score (nSPS) is 11.4. The Morgan fingerprint density at radius 3 is 2.48 bits per heavy atom. The highest BCUT2D eigenvalue weighted by molar-refractivity contribution is 7.89. The summed E-state index contributed by atoms with van der Waals surface area (Å²) in [4.78, 5) is 12.5. The number of nitrogens with zero attached hydrogens (tertiary/aromatic N) is 2. The number of halogens is 1. The van der Waals surface area contributed by atoms with Gasteiger partial charge in [0.2, 0.25) is 15.2 Å². The second-order valence-corrected chi connectivity index (χ2v) is 9.28. The summed E-state index contributed by atoms with van der Waals surface area (Å²) < 4.78 is 40.6. The molecule has 0 saturated carbocycles. The van der Waals surface area contributed by atoms with Crippen LogP contribution in [-0.2, 0) is 16.4 Å². The molecule has 0 atom stereocenters. The molecule has 0 saturated heterocycles. The number of aromatic nitrogens is 2. The standard InChI is InChI=1S/C19H19FN4O3S2/c1-12-3-8-16(11-17(12)18(25)22-19-24-23-13(2)28-19)29(26,27)21-10-9-14-4-6-15(20)7-5-14/h3-8,11,21H,9-10H2,1-2H3,(H,22,24,25). The van der Waals surface area contributed by atoms with E-state index in [-0.39, 0.29) is 22.8 Å².